The summed E-state index contributed by atoms with van der Waals surface area (Å²) < 4.78 is 5.44. The van der Waals surface area contributed by atoms with Crippen LogP contribution in [0.5, 0.6) is 0 Å². The van der Waals surface area contributed by atoms with Gasteiger partial charge in [0, 0.05) is 31.2 Å². The Morgan fingerprint density at radius 1 is 1.11 bits per heavy atom. The van der Waals surface area contributed by atoms with Crippen LogP contribution in [0.2, 0.25) is 10.0 Å². The van der Waals surface area contributed by atoms with Gasteiger partial charge in [-0.2, -0.15) is 0 Å². The number of hydrogen-bond acceptors (Lipinski definition) is 4. The number of carbonyl (C=O) groups is 2. The maximum atomic E-state index is 12.6. The van der Waals surface area contributed by atoms with Crippen molar-refractivity contribution in [2.45, 2.75) is 13.8 Å². The molecule has 8 heteroatoms. The van der Waals surface area contributed by atoms with Crippen molar-refractivity contribution in [3.63, 3.8) is 0 Å². The predicted molar refractivity (Wildman–Crippen MR) is 106 cm³/mol. The Bertz CT molecular complexity index is 858. The lowest BCUT2D eigenvalue weighted by Gasteiger charge is -2.34. The lowest BCUT2D eigenvalue weighted by Crippen LogP contribution is -2.50. The number of rotatable bonds is 4. The molecule has 0 atom stereocenters. The molecule has 0 aliphatic carbocycles. The topological polar surface area (TPSA) is 65.8 Å². The van der Waals surface area contributed by atoms with Gasteiger partial charge in [0.1, 0.15) is 11.5 Å². The largest absolute Gasteiger partial charge is 0.466 e. The van der Waals surface area contributed by atoms with Crippen molar-refractivity contribution in [2.24, 2.45) is 0 Å². The number of nitrogens with zero attached hydrogens (tertiary/aromatic N) is 2. The molecule has 0 saturated carbocycles. The number of nitrogens with one attached hydrogen (secondary N) is 1. The molecular formula is C19H21Cl2N3O3. The number of anilines is 1. The van der Waals surface area contributed by atoms with E-state index in [1.807, 2.05) is 11.8 Å². The van der Waals surface area contributed by atoms with Crippen LogP contribution >= 0.6 is 23.2 Å². The molecule has 2 amide bonds. The molecule has 0 spiro atoms. The maximum Gasteiger partial charge on any atom is 0.257 e. The summed E-state index contributed by atoms with van der Waals surface area (Å²) in [6.07, 6.45) is 0. The molecule has 1 saturated heterocycles. The Morgan fingerprint density at radius 2 is 1.81 bits per heavy atom. The van der Waals surface area contributed by atoms with E-state index in [0.717, 1.165) is 5.76 Å². The van der Waals surface area contributed by atoms with Crippen molar-refractivity contribution in [2.75, 3.05) is 38.0 Å². The number of carbonyl (C=O) groups excluding carboxylic acids is 2. The average molecular weight is 410 g/mol. The second kappa shape index (κ2) is 8.33. The molecule has 1 N–H and O–H groups in total. The third-order valence-corrected chi connectivity index (χ3v) is 5.05. The summed E-state index contributed by atoms with van der Waals surface area (Å²) in [4.78, 5) is 28.7. The van der Waals surface area contributed by atoms with Crippen LogP contribution < -0.4 is 5.32 Å². The van der Waals surface area contributed by atoms with Crippen molar-refractivity contribution < 1.29 is 14.0 Å². The van der Waals surface area contributed by atoms with E-state index < -0.39 is 0 Å². The van der Waals surface area contributed by atoms with E-state index in [4.69, 9.17) is 27.6 Å². The highest BCUT2D eigenvalue weighted by molar-refractivity contribution is 6.36. The minimum atomic E-state index is -0.152. The molecule has 1 aliphatic heterocycles. The summed E-state index contributed by atoms with van der Waals surface area (Å²) in [7, 11) is 0. The first-order chi connectivity index (χ1) is 12.8. The van der Waals surface area contributed by atoms with Gasteiger partial charge in [-0.3, -0.25) is 14.5 Å². The van der Waals surface area contributed by atoms with Gasteiger partial charge in [-0.15, -0.1) is 0 Å². The van der Waals surface area contributed by atoms with Crippen LogP contribution in [-0.4, -0.2) is 54.3 Å². The van der Waals surface area contributed by atoms with Crippen LogP contribution in [0.3, 0.4) is 0 Å². The van der Waals surface area contributed by atoms with E-state index >= 15 is 0 Å². The fourth-order valence-corrected chi connectivity index (χ4v) is 3.56. The number of piperazine rings is 1. The summed E-state index contributed by atoms with van der Waals surface area (Å²) in [5.74, 6) is 1.19. The molecule has 144 valence electrons. The Labute approximate surface area is 168 Å². The lowest BCUT2D eigenvalue weighted by atomic mass is 10.2. The molecular weight excluding hydrogens is 389 g/mol. The zero-order valence-electron chi connectivity index (χ0n) is 15.2. The van der Waals surface area contributed by atoms with E-state index in [-0.39, 0.29) is 18.4 Å². The molecule has 6 nitrogen and oxygen atoms in total. The van der Waals surface area contributed by atoms with Gasteiger partial charge < -0.3 is 14.6 Å². The number of benzene rings is 1. The summed E-state index contributed by atoms with van der Waals surface area (Å²) in [6.45, 7) is 6.25. The normalized spacial score (nSPS) is 15.0. The van der Waals surface area contributed by atoms with E-state index in [1.165, 1.54) is 0 Å². The summed E-state index contributed by atoms with van der Waals surface area (Å²) in [5.41, 5.74) is 1.14. The average Bonchev–Trinajstić information content (AvgIpc) is 2.96. The predicted octanol–water partition coefficient (Wildman–Crippen LogP) is 3.60. The van der Waals surface area contributed by atoms with Gasteiger partial charge in [-0.05, 0) is 38.1 Å². The van der Waals surface area contributed by atoms with E-state index in [1.54, 1.807) is 36.1 Å². The third kappa shape index (κ3) is 4.83. The molecule has 1 aromatic carbocycles. The molecule has 1 fully saturated rings. The zero-order chi connectivity index (χ0) is 19.6. The number of amides is 2. The highest BCUT2D eigenvalue weighted by Crippen LogP contribution is 2.25. The molecule has 27 heavy (non-hydrogen) atoms. The maximum absolute atomic E-state index is 12.6. The van der Waals surface area contributed by atoms with Crippen LogP contribution in [0.4, 0.5) is 5.69 Å². The second-order valence-electron chi connectivity index (χ2n) is 6.57. The number of aryl methyl sites for hydroxylation is 2. The van der Waals surface area contributed by atoms with Gasteiger partial charge >= 0.3 is 0 Å². The minimum absolute atomic E-state index is 0.0265. The molecule has 0 unspecified atom stereocenters. The Kier molecular flexibility index (Phi) is 6.09. The minimum Gasteiger partial charge on any atom is -0.466 e. The first-order valence-electron chi connectivity index (χ1n) is 8.67. The number of furan rings is 1. The number of halogens is 2. The quantitative estimate of drug-likeness (QED) is 0.837. The molecule has 2 aromatic rings. The van der Waals surface area contributed by atoms with Gasteiger partial charge in [0.2, 0.25) is 5.91 Å². The Hall–Kier alpha value is -2.02. The van der Waals surface area contributed by atoms with Crippen molar-refractivity contribution in [1.29, 1.82) is 0 Å². The second-order valence-corrected chi connectivity index (χ2v) is 7.41. The third-order valence-electron chi connectivity index (χ3n) is 4.50. The van der Waals surface area contributed by atoms with Crippen molar-refractivity contribution in [3.05, 3.63) is 51.4 Å². The van der Waals surface area contributed by atoms with Gasteiger partial charge in [-0.1, -0.05) is 23.2 Å². The first-order valence-corrected chi connectivity index (χ1v) is 9.42. The Morgan fingerprint density at radius 3 is 2.41 bits per heavy atom. The lowest BCUT2D eigenvalue weighted by molar-refractivity contribution is -0.117. The van der Waals surface area contributed by atoms with Crippen LogP contribution in [0, 0.1) is 13.8 Å². The van der Waals surface area contributed by atoms with Crippen LogP contribution in [0.1, 0.15) is 21.9 Å². The monoisotopic (exact) mass is 409 g/mol. The summed E-state index contributed by atoms with van der Waals surface area (Å²) in [6, 6.07) is 6.71. The van der Waals surface area contributed by atoms with E-state index in [2.05, 4.69) is 5.32 Å². The van der Waals surface area contributed by atoms with Crippen LogP contribution in [-0.2, 0) is 4.79 Å². The van der Waals surface area contributed by atoms with Gasteiger partial charge in [0.05, 0.1) is 22.8 Å². The van der Waals surface area contributed by atoms with Crippen molar-refractivity contribution >= 4 is 40.7 Å². The van der Waals surface area contributed by atoms with Crippen molar-refractivity contribution in [3.8, 4) is 0 Å². The SMILES string of the molecule is Cc1cc(C(=O)N2CCN(CC(=O)Nc3ccc(Cl)cc3Cl)CC2)c(C)o1. The fraction of sp³-hybridized carbons (Fsp3) is 0.368. The highest BCUT2D eigenvalue weighted by atomic mass is 35.5. The van der Waals surface area contributed by atoms with Gasteiger partial charge in [0.25, 0.3) is 5.91 Å². The molecule has 0 radical (unpaired) electrons. The molecule has 2 heterocycles. The van der Waals surface area contributed by atoms with Crippen LogP contribution in [0.25, 0.3) is 0 Å². The smallest absolute Gasteiger partial charge is 0.257 e. The van der Waals surface area contributed by atoms with Crippen LogP contribution in [0.15, 0.2) is 28.7 Å². The highest BCUT2D eigenvalue weighted by Gasteiger charge is 2.25. The van der Waals surface area contributed by atoms with E-state index in [9.17, 15) is 9.59 Å². The molecule has 1 aromatic heterocycles. The molecule has 1 aliphatic rings. The Balaban J connectivity index is 1.51. The van der Waals surface area contributed by atoms with Gasteiger partial charge in [0.15, 0.2) is 0 Å². The molecule has 3 rings (SSSR count). The van der Waals surface area contributed by atoms with Gasteiger partial charge in [-0.25, -0.2) is 0 Å². The number of hydrogen-bond donors (Lipinski definition) is 1. The van der Waals surface area contributed by atoms with E-state index in [0.29, 0.717) is 53.2 Å². The summed E-state index contributed by atoms with van der Waals surface area (Å²) >= 11 is 11.9. The van der Waals surface area contributed by atoms with Crippen molar-refractivity contribution in [1.82, 2.24) is 9.80 Å². The summed E-state index contributed by atoms with van der Waals surface area (Å²) in [5, 5.41) is 3.71. The fourth-order valence-electron chi connectivity index (χ4n) is 3.11. The standard InChI is InChI=1S/C19H21Cl2N3O3/c1-12-9-15(13(2)27-12)19(26)24-7-5-23(6-8-24)11-18(25)22-17-4-3-14(20)10-16(17)21/h3-4,9-10H,5-8,11H2,1-2H3,(H,22,25). The first kappa shape index (κ1) is 19.7. The zero-order valence-corrected chi connectivity index (χ0v) is 16.7. The molecule has 0 bridgehead atoms.